The first-order chi connectivity index (χ1) is 15.7. The van der Waals surface area contributed by atoms with Crippen molar-refractivity contribution in [3.8, 4) is 11.5 Å². The van der Waals surface area contributed by atoms with E-state index in [0.717, 1.165) is 27.5 Å². The van der Waals surface area contributed by atoms with Crippen LogP contribution in [0.1, 0.15) is 16.7 Å². The van der Waals surface area contributed by atoms with Gasteiger partial charge in [0.15, 0.2) is 11.5 Å². The average molecular weight is 425 g/mol. The van der Waals surface area contributed by atoms with E-state index >= 15 is 0 Å². The van der Waals surface area contributed by atoms with Crippen molar-refractivity contribution in [2.45, 2.75) is 13.0 Å². The lowest BCUT2D eigenvalue weighted by Crippen LogP contribution is -2.19. The zero-order chi connectivity index (χ0) is 22.2. The van der Waals surface area contributed by atoms with Gasteiger partial charge in [0.1, 0.15) is 6.61 Å². The van der Waals surface area contributed by atoms with Gasteiger partial charge in [-0.05, 0) is 45.7 Å². The number of nitrogens with zero attached hydrogens (tertiary/aromatic N) is 1. The lowest BCUT2D eigenvalue weighted by Gasteiger charge is -2.11. The predicted molar refractivity (Wildman–Crippen MR) is 127 cm³/mol. The Morgan fingerprint density at radius 3 is 2.53 bits per heavy atom. The standard InChI is InChI=1S/C27H24N2O3/c1-31-26-16-21(14-15-25(26)32-19-20-8-3-2-4-9-20)18-28-29-27(30)17-23-12-7-11-22-10-5-6-13-24(22)23/h2-16,18H,17,19H2,1H3,(H,29,30). The van der Waals surface area contributed by atoms with Crippen LogP contribution in [-0.2, 0) is 17.8 Å². The van der Waals surface area contributed by atoms with Crippen LogP contribution < -0.4 is 14.9 Å². The maximum absolute atomic E-state index is 12.4. The second kappa shape index (κ2) is 10.3. The van der Waals surface area contributed by atoms with Crippen molar-refractivity contribution in [1.82, 2.24) is 5.43 Å². The molecule has 160 valence electrons. The van der Waals surface area contributed by atoms with Gasteiger partial charge in [-0.15, -0.1) is 0 Å². The number of benzene rings is 4. The highest BCUT2D eigenvalue weighted by molar-refractivity contribution is 5.90. The number of hydrogen-bond donors (Lipinski definition) is 1. The van der Waals surface area contributed by atoms with Gasteiger partial charge >= 0.3 is 0 Å². The molecule has 5 nitrogen and oxygen atoms in total. The number of hydrogen-bond acceptors (Lipinski definition) is 4. The van der Waals surface area contributed by atoms with Gasteiger partial charge in [0, 0.05) is 0 Å². The van der Waals surface area contributed by atoms with Gasteiger partial charge in [0.25, 0.3) is 0 Å². The van der Waals surface area contributed by atoms with Crippen LogP contribution in [0.3, 0.4) is 0 Å². The van der Waals surface area contributed by atoms with Crippen molar-refractivity contribution in [3.63, 3.8) is 0 Å². The van der Waals surface area contributed by atoms with Crippen molar-refractivity contribution in [2.24, 2.45) is 5.10 Å². The topological polar surface area (TPSA) is 59.9 Å². The lowest BCUT2D eigenvalue weighted by atomic mass is 10.0. The molecular formula is C27H24N2O3. The van der Waals surface area contributed by atoms with Crippen LogP contribution in [0.25, 0.3) is 10.8 Å². The Labute approximate surface area is 187 Å². The molecule has 0 bridgehead atoms. The van der Waals surface area contributed by atoms with E-state index in [1.54, 1.807) is 13.3 Å². The van der Waals surface area contributed by atoms with E-state index in [4.69, 9.17) is 9.47 Å². The van der Waals surface area contributed by atoms with E-state index in [1.165, 1.54) is 0 Å². The molecule has 1 N–H and O–H groups in total. The van der Waals surface area contributed by atoms with E-state index in [0.29, 0.717) is 18.1 Å². The van der Waals surface area contributed by atoms with Crippen LogP contribution in [-0.4, -0.2) is 19.2 Å². The molecule has 0 aliphatic rings. The molecule has 0 spiro atoms. The van der Waals surface area contributed by atoms with Gasteiger partial charge in [0.2, 0.25) is 5.91 Å². The summed E-state index contributed by atoms with van der Waals surface area (Å²) >= 11 is 0. The second-order valence-corrected chi connectivity index (χ2v) is 7.29. The smallest absolute Gasteiger partial charge is 0.244 e. The largest absolute Gasteiger partial charge is 0.493 e. The van der Waals surface area contributed by atoms with Gasteiger partial charge in [-0.2, -0.15) is 5.10 Å². The third-order valence-electron chi connectivity index (χ3n) is 5.06. The minimum Gasteiger partial charge on any atom is -0.493 e. The van der Waals surface area contributed by atoms with Gasteiger partial charge in [0.05, 0.1) is 19.7 Å². The molecule has 1 amide bonds. The molecule has 0 saturated heterocycles. The molecule has 0 atom stereocenters. The van der Waals surface area contributed by atoms with Crippen molar-refractivity contribution in [2.75, 3.05) is 7.11 Å². The van der Waals surface area contributed by atoms with Crippen LogP contribution in [0.5, 0.6) is 11.5 Å². The minimum atomic E-state index is -0.174. The molecule has 0 unspecified atom stereocenters. The zero-order valence-corrected chi connectivity index (χ0v) is 17.8. The quantitative estimate of drug-likeness (QED) is 0.315. The average Bonchev–Trinajstić information content (AvgIpc) is 2.84. The summed E-state index contributed by atoms with van der Waals surface area (Å²) in [5.41, 5.74) is 5.44. The summed E-state index contributed by atoms with van der Waals surface area (Å²) < 4.78 is 11.3. The summed E-state index contributed by atoms with van der Waals surface area (Å²) in [5.74, 6) is 1.08. The second-order valence-electron chi connectivity index (χ2n) is 7.29. The first-order valence-electron chi connectivity index (χ1n) is 10.4. The Morgan fingerprint density at radius 2 is 1.69 bits per heavy atom. The molecule has 4 aromatic rings. The molecule has 5 heteroatoms. The van der Waals surface area contributed by atoms with Gasteiger partial charge in [-0.3, -0.25) is 4.79 Å². The third kappa shape index (κ3) is 5.32. The van der Waals surface area contributed by atoms with Crippen molar-refractivity contribution < 1.29 is 14.3 Å². The number of nitrogens with one attached hydrogen (secondary N) is 1. The summed E-state index contributed by atoms with van der Waals surface area (Å²) in [5, 5.41) is 6.28. The van der Waals surface area contributed by atoms with Crippen LogP contribution in [0, 0.1) is 0 Å². The molecule has 0 aliphatic carbocycles. The summed E-state index contributed by atoms with van der Waals surface area (Å²) in [6.45, 7) is 0.453. The van der Waals surface area contributed by atoms with Crippen LogP contribution in [0.4, 0.5) is 0 Å². The number of carbonyl (C=O) groups excluding carboxylic acids is 1. The normalized spacial score (nSPS) is 10.9. The molecule has 0 radical (unpaired) electrons. The summed E-state index contributed by atoms with van der Waals surface area (Å²) in [6.07, 6.45) is 1.85. The van der Waals surface area contributed by atoms with Gasteiger partial charge in [-0.25, -0.2) is 5.43 Å². The number of fused-ring (bicyclic) bond motifs is 1. The van der Waals surface area contributed by atoms with Crippen LogP contribution >= 0.6 is 0 Å². The van der Waals surface area contributed by atoms with Crippen molar-refractivity contribution in [3.05, 3.63) is 108 Å². The number of ether oxygens (including phenoxy) is 2. The molecule has 0 aliphatic heterocycles. The number of amides is 1. The number of rotatable bonds is 8. The fourth-order valence-electron chi connectivity index (χ4n) is 3.46. The Bertz CT molecular complexity index is 1230. The maximum atomic E-state index is 12.4. The molecule has 0 aromatic heterocycles. The Kier molecular flexibility index (Phi) is 6.78. The van der Waals surface area contributed by atoms with E-state index in [1.807, 2.05) is 91.0 Å². The highest BCUT2D eigenvalue weighted by atomic mass is 16.5. The Hall–Kier alpha value is -4.12. The van der Waals surface area contributed by atoms with Crippen LogP contribution in [0.15, 0.2) is 96.1 Å². The van der Waals surface area contributed by atoms with Crippen molar-refractivity contribution >= 4 is 22.9 Å². The number of carbonyl (C=O) groups is 1. The fourth-order valence-corrected chi connectivity index (χ4v) is 3.46. The summed E-state index contributed by atoms with van der Waals surface area (Å²) in [4.78, 5) is 12.4. The highest BCUT2D eigenvalue weighted by Gasteiger charge is 2.07. The SMILES string of the molecule is COc1cc(C=NNC(=O)Cc2cccc3ccccc23)ccc1OCc1ccccc1. The molecular weight excluding hydrogens is 400 g/mol. The number of methoxy groups -OCH3 is 1. The van der Waals surface area contributed by atoms with Crippen molar-refractivity contribution in [1.29, 1.82) is 0 Å². The third-order valence-corrected chi connectivity index (χ3v) is 5.06. The Morgan fingerprint density at radius 1 is 0.906 bits per heavy atom. The van der Waals surface area contributed by atoms with Crippen LogP contribution in [0.2, 0.25) is 0 Å². The summed E-state index contributed by atoms with van der Waals surface area (Å²) in [6, 6.07) is 29.4. The zero-order valence-electron chi connectivity index (χ0n) is 17.8. The molecule has 0 heterocycles. The summed E-state index contributed by atoms with van der Waals surface area (Å²) in [7, 11) is 1.59. The molecule has 32 heavy (non-hydrogen) atoms. The predicted octanol–water partition coefficient (Wildman–Crippen LogP) is 5.12. The molecule has 0 fully saturated rings. The van der Waals surface area contributed by atoms with E-state index in [9.17, 15) is 4.79 Å². The Balaban J connectivity index is 1.37. The van der Waals surface area contributed by atoms with E-state index in [2.05, 4.69) is 10.5 Å². The lowest BCUT2D eigenvalue weighted by molar-refractivity contribution is -0.120. The number of hydrazone groups is 1. The molecule has 4 rings (SSSR count). The monoisotopic (exact) mass is 424 g/mol. The van der Waals surface area contributed by atoms with E-state index < -0.39 is 0 Å². The fraction of sp³-hybridized carbons (Fsp3) is 0.111. The highest BCUT2D eigenvalue weighted by Crippen LogP contribution is 2.28. The molecule has 0 saturated carbocycles. The first-order valence-corrected chi connectivity index (χ1v) is 10.4. The van der Waals surface area contributed by atoms with Gasteiger partial charge in [-0.1, -0.05) is 72.8 Å². The maximum Gasteiger partial charge on any atom is 0.244 e. The van der Waals surface area contributed by atoms with Gasteiger partial charge < -0.3 is 9.47 Å². The minimum absolute atomic E-state index is 0.174. The van der Waals surface area contributed by atoms with E-state index in [-0.39, 0.29) is 12.3 Å². The first kappa shape index (κ1) is 21.1. The molecule has 4 aromatic carbocycles.